The highest BCUT2D eigenvalue weighted by Crippen LogP contribution is 2.29. The van der Waals surface area contributed by atoms with Crippen molar-refractivity contribution in [1.29, 1.82) is 0 Å². The summed E-state index contributed by atoms with van der Waals surface area (Å²) in [6.45, 7) is 4.23. The van der Waals surface area contributed by atoms with Crippen molar-refractivity contribution < 1.29 is 0 Å². The van der Waals surface area contributed by atoms with Crippen LogP contribution in [0.1, 0.15) is 18.1 Å². The Kier molecular flexibility index (Phi) is 2.44. The number of aromatic nitrogens is 3. The van der Waals surface area contributed by atoms with E-state index >= 15 is 0 Å². The molecule has 0 unspecified atom stereocenters. The lowest BCUT2D eigenvalue weighted by molar-refractivity contribution is 1.15. The monoisotopic (exact) mass is 243 g/mol. The molecule has 17 heavy (non-hydrogen) atoms. The van der Waals surface area contributed by atoms with Crippen molar-refractivity contribution in [1.82, 2.24) is 15.0 Å². The van der Waals surface area contributed by atoms with Gasteiger partial charge in [-0.2, -0.15) is 0 Å². The Morgan fingerprint density at radius 3 is 3.00 bits per heavy atom. The van der Waals surface area contributed by atoms with Crippen LogP contribution in [0.3, 0.4) is 0 Å². The Labute approximate surface area is 104 Å². The van der Waals surface area contributed by atoms with Crippen LogP contribution in [0.15, 0.2) is 23.7 Å². The molecule has 0 bridgehead atoms. The van der Waals surface area contributed by atoms with E-state index in [4.69, 9.17) is 0 Å². The largest absolute Gasteiger partial charge is 0.336 e. The zero-order valence-electron chi connectivity index (χ0n) is 9.82. The fourth-order valence-electron chi connectivity index (χ4n) is 1.96. The maximum absolute atomic E-state index is 4.57. The lowest BCUT2D eigenvalue weighted by Gasteiger charge is -1.95. The van der Waals surface area contributed by atoms with E-state index in [2.05, 4.69) is 40.2 Å². The Morgan fingerprint density at radius 2 is 2.24 bits per heavy atom. The first-order chi connectivity index (χ1) is 8.29. The number of pyridine rings is 1. The predicted octanol–water partition coefficient (Wildman–Crippen LogP) is 3.56. The van der Waals surface area contributed by atoms with Crippen LogP contribution < -0.4 is 0 Å². The summed E-state index contributed by atoms with van der Waals surface area (Å²) in [5.41, 5.74) is 4.36. The summed E-state index contributed by atoms with van der Waals surface area (Å²) < 4.78 is 0. The van der Waals surface area contributed by atoms with Gasteiger partial charge in [-0.1, -0.05) is 6.92 Å². The van der Waals surface area contributed by atoms with Crippen molar-refractivity contribution in [3.63, 3.8) is 0 Å². The zero-order chi connectivity index (χ0) is 11.8. The van der Waals surface area contributed by atoms with E-state index in [-0.39, 0.29) is 0 Å². The average molecular weight is 243 g/mol. The Morgan fingerprint density at radius 1 is 1.35 bits per heavy atom. The smallest absolute Gasteiger partial charge is 0.178 e. The number of hydrogen-bond acceptors (Lipinski definition) is 3. The quantitative estimate of drug-likeness (QED) is 0.747. The van der Waals surface area contributed by atoms with Crippen LogP contribution in [-0.2, 0) is 6.42 Å². The highest BCUT2D eigenvalue weighted by atomic mass is 32.1. The molecular weight excluding hydrogens is 230 g/mol. The summed E-state index contributed by atoms with van der Waals surface area (Å²) in [7, 11) is 0. The van der Waals surface area contributed by atoms with Gasteiger partial charge in [-0.15, -0.1) is 11.3 Å². The minimum atomic E-state index is 0.801. The third kappa shape index (κ3) is 1.65. The summed E-state index contributed by atoms with van der Waals surface area (Å²) in [4.78, 5) is 13.5. The molecule has 0 aliphatic rings. The first-order valence-corrected chi connectivity index (χ1v) is 6.55. The highest BCUT2D eigenvalue weighted by Gasteiger charge is 2.11. The molecular formula is C13H13N3S. The molecule has 3 rings (SSSR count). The van der Waals surface area contributed by atoms with Crippen LogP contribution in [-0.4, -0.2) is 15.0 Å². The number of imidazole rings is 1. The highest BCUT2D eigenvalue weighted by molar-refractivity contribution is 7.13. The molecule has 3 aromatic rings. The Bertz CT molecular complexity index is 666. The second-order valence-corrected chi connectivity index (χ2v) is 4.96. The van der Waals surface area contributed by atoms with Gasteiger partial charge in [0.15, 0.2) is 11.5 Å². The van der Waals surface area contributed by atoms with Crippen LogP contribution >= 0.6 is 11.3 Å². The number of aryl methyl sites for hydroxylation is 2. The molecule has 3 aromatic heterocycles. The van der Waals surface area contributed by atoms with Crippen LogP contribution in [0.4, 0.5) is 0 Å². The van der Waals surface area contributed by atoms with E-state index in [9.17, 15) is 0 Å². The molecule has 1 N–H and O–H groups in total. The maximum Gasteiger partial charge on any atom is 0.178 e. The summed E-state index contributed by atoms with van der Waals surface area (Å²) in [5.74, 6) is 0.939. The normalized spacial score (nSPS) is 11.2. The summed E-state index contributed by atoms with van der Waals surface area (Å²) in [6.07, 6.45) is 2.83. The van der Waals surface area contributed by atoms with Crippen molar-refractivity contribution in [3.05, 3.63) is 34.8 Å². The third-order valence-electron chi connectivity index (χ3n) is 2.94. The van der Waals surface area contributed by atoms with Gasteiger partial charge in [0.2, 0.25) is 0 Å². The predicted molar refractivity (Wildman–Crippen MR) is 71.3 cm³/mol. The van der Waals surface area contributed by atoms with Crippen molar-refractivity contribution in [2.24, 2.45) is 0 Å². The summed E-state index contributed by atoms with van der Waals surface area (Å²) in [6, 6.07) is 4.16. The molecule has 86 valence electrons. The van der Waals surface area contributed by atoms with Gasteiger partial charge in [-0.3, -0.25) is 0 Å². The van der Waals surface area contributed by atoms with Crippen molar-refractivity contribution in [2.75, 3.05) is 0 Å². The van der Waals surface area contributed by atoms with Gasteiger partial charge in [0.1, 0.15) is 0 Å². The minimum Gasteiger partial charge on any atom is -0.336 e. The molecule has 0 aliphatic heterocycles. The zero-order valence-corrected chi connectivity index (χ0v) is 10.6. The van der Waals surface area contributed by atoms with Crippen molar-refractivity contribution in [3.8, 4) is 10.7 Å². The number of thiophene rings is 1. The first kappa shape index (κ1) is 10.5. The van der Waals surface area contributed by atoms with Gasteiger partial charge in [-0.25, -0.2) is 9.97 Å². The molecule has 0 amide bonds. The van der Waals surface area contributed by atoms with E-state index < -0.39 is 0 Å². The second-order valence-electron chi connectivity index (χ2n) is 4.04. The van der Waals surface area contributed by atoms with Gasteiger partial charge in [-0.05, 0) is 42.0 Å². The Balaban J connectivity index is 2.22. The number of nitrogens with zero attached hydrogens (tertiary/aromatic N) is 2. The second kappa shape index (κ2) is 3.96. The van der Waals surface area contributed by atoms with E-state index in [1.807, 2.05) is 6.07 Å². The fraction of sp³-hybridized carbons (Fsp3) is 0.231. The van der Waals surface area contributed by atoms with Gasteiger partial charge >= 0.3 is 0 Å². The number of fused-ring (bicyclic) bond motifs is 1. The molecule has 0 atom stereocenters. The fourth-order valence-corrected chi connectivity index (χ4v) is 2.91. The SMILES string of the molecule is CCc1ccsc1-c1nc2nccc(C)c2[nH]1. The maximum atomic E-state index is 4.57. The van der Waals surface area contributed by atoms with Crippen molar-refractivity contribution in [2.45, 2.75) is 20.3 Å². The number of hydrogen-bond donors (Lipinski definition) is 1. The topological polar surface area (TPSA) is 41.6 Å². The van der Waals surface area contributed by atoms with Crippen LogP contribution in [0.2, 0.25) is 0 Å². The van der Waals surface area contributed by atoms with Crippen LogP contribution in [0.5, 0.6) is 0 Å². The molecule has 0 fully saturated rings. The Hall–Kier alpha value is -1.68. The molecule has 3 nitrogen and oxygen atoms in total. The van der Waals surface area contributed by atoms with E-state index in [1.165, 1.54) is 16.0 Å². The van der Waals surface area contributed by atoms with Gasteiger partial charge in [0, 0.05) is 6.20 Å². The first-order valence-electron chi connectivity index (χ1n) is 5.67. The number of nitrogens with one attached hydrogen (secondary N) is 1. The van der Waals surface area contributed by atoms with Gasteiger partial charge < -0.3 is 4.98 Å². The molecule has 0 aromatic carbocycles. The molecule has 0 saturated heterocycles. The molecule has 0 saturated carbocycles. The van der Waals surface area contributed by atoms with Gasteiger partial charge in [0.05, 0.1) is 10.4 Å². The molecule has 3 heterocycles. The van der Waals surface area contributed by atoms with E-state index in [0.29, 0.717) is 0 Å². The molecule has 0 aliphatic carbocycles. The van der Waals surface area contributed by atoms with E-state index in [0.717, 1.165) is 23.4 Å². The number of rotatable bonds is 2. The average Bonchev–Trinajstić information content (AvgIpc) is 2.94. The third-order valence-corrected chi connectivity index (χ3v) is 3.91. The lowest BCUT2D eigenvalue weighted by atomic mass is 10.2. The van der Waals surface area contributed by atoms with Crippen LogP contribution in [0.25, 0.3) is 21.9 Å². The summed E-state index contributed by atoms with van der Waals surface area (Å²) >= 11 is 1.73. The minimum absolute atomic E-state index is 0.801. The molecule has 0 spiro atoms. The number of H-pyrrole nitrogens is 1. The molecule has 4 heteroatoms. The lowest BCUT2D eigenvalue weighted by Crippen LogP contribution is -1.82. The van der Waals surface area contributed by atoms with Crippen LogP contribution in [0, 0.1) is 6.92 Å². The number of aromatic amines is 1. The van der Waals surface area contributed by atoms with Crippen molar-refractivity contribution >= 4 is 22.5 Å². The van der Waals surface area contributed by atoms with Gasteiger partial charge in [0.25, 0.3) is 0 Å². The molecule has 0 radical (unpaired) electrons. The standard InChI is InChI=1S/C13H13N3S/c1-3-9-5-7-17-11(9)13-15-10-8(2)4-6-14-12(10)16-13/h4-7H,3H2,1-2H3,(H,14,15,16). The van der Waals surface area contributed by atoms with E-state index in [1.54, 1.807) is 17.5 Å². The summed E-state index contributed by atoms with van der Waals surface area (Å²) in [5, 5.41) is 2.11.